The molecule has 0 radical (unpaired) electrons. The second-order valence-corrected chi connectivity index (χ2v) is 6.67. The molecule has 0 saturated heterocycles. The molecular weight excluding hydrogens is 260 g/mol. The third kappa shape index (κ3) is 2.67. The molecule has 0 spiro atoms. The quantitative estimate of drug-likeness (QED) is 0.584. The molecule has 2 aliphatic carbocycles. The average molecular weight is 278 g/mol. The predicted molar refractivity (Wildman–Crippen MR) is 62.2 cm³/mol. The fourth-order valence-corrected chi connectivity index (χ4v) is 3.33. The zero-order chi connectivity index (χ0) is 13.4. The molecule has 104 valence electrons. The minimum absolute atomic E-state index is 0.183. The number of carbonyl (C=O) groups excluding carboxylic acids is 1. The summed E-state index contributed by atoms with van der Waals surface area (Å²) in [5.41, 5.74) is -3.51. The topological polar surface area (TPSA) is 101 Å². The molecule has 0 aliphatic heterocycles. The molecule has 6 nitrogen and oxygen atoms in total. The Morgan fingerprint density at radius 3 is 2.22 bits per heavy atom. The van der Waals surface area contributed by atoms with Crippen molar-refractivity contribution in [2.24, 2.45) is 5.41 Å². The van der Waals surface area contributed by atoms with Crippen molar-refractivity contribution >= 4 is 16.1 Å². The first-order valence-electron chi connectivity index (χ1n) is 6.22. The van der Waals surface area contributed by atoms with Gasteiger partial charge in [-0.15, -0.1) is 0 Å². The minimum Gasteiger partial charge on any atom is -0.462 e. The van der Waals surface area contributed by atoms with E-state index in [4.69, 9.17) is 9.29 Å². The van der Waals surface area contributed by atoms with Crippen LogP contribution in [0.4, 0.5) is 0 Å². The molecule has 1 unspecified atom stereocenters. The van der Waals surface area contributed by atoms with E-state index in [1.54, 1.807) is 0 Å². The molecule has 2 rings (SSSR count). The van der Waals surface area contributed by atoms with Crippen LogP contribution in [0.2, 0.25) is 0 Å². The Labute approximate surface area is 106 Å². The maximum Gasteiger partial charge on any atom is 0.316 e. The van der Waals surface area contributed by atoms with Gasteiger partial charge in [0.25, 0.3) is 10.1 Å². The van der Waals surface area contributed by atoms with Crippen molar-refractivity contribution in [1.29, 1.82) is 0 Å². The summed E-state index contributed by atoms with van der Waals surface area (Å²) < 4.78 is 35.9. The lowest BCUT2D eigenvalue weighted by Gasteiger charge is -2.25. The van der Waals surface area contributed by atoms with E-state index in [0.29, 0.717) is 0 Å². The lowest BCUT2D eigenvalue weighted by molar-refractivity contribution is -0.160. The minimum atomic E-state index is -4.63. The van der Waals surface area contributed by atoms with Crippen molar-refractivity contribution in [3.05, 3.63) is 0 Å². The second-order valence-electron chi connectivity index (χ2n) is 5.19. The van der Waals surface area contributed by atoms with Crippen LogP contribution in [0.25, 0.3) is 0 Å². The zero-order valence-corrected chi connectivity index (χ0v) is 10.9. The summed E-state index contributed by atoms with van der Waals surface area (Å²) in [4.78, 5) is 11.9. The fourth-order valence-electron chi connectivity index (χ4n) is 2.42. The van der Waals surface area contributed by atoms with Crippen LogP contribution in [0.15, 0.2) is 0 Å². The summed E-state index contributed by atoms with van der Waals surface area (Å²) >= 11 is 0. The standard InChI is InChI=1S/C11H18O6S/c12-9(17-8-4-2-1-3-5-8)11(6-7-11)10(13)18(14,15)16/h8,10,13H,1-7H2,(H,14,15,16). The van der Waals surface area contributed by atoms with Gasteiger partial charge in [0.1, 0.15) is 11.5 Å². The number of rotatable bonds is 4. The second kappa shape index (κ2) is 4.79. The summed E-state index contributed by atoms with van der Waals surface area (Å²) in [6.45, 7) is 0. The van der Waals surface area contributed by atoms with Crippen molar-refractivity contribution in [3.8, 4) is 0 Å². The van der Waals surface area contributed by atoms with Gasteiger partial charge in [0.15, 0.2) is 5.44 Å². The van der Waals surface area contributed by atoms with Crippen molar-refractivity contribution < 1.29 is 27.6 Å². The Balaban J connectivity index is 2.00. The number of ether oxygens (including phenoxy) is 1. The molecule has 0 amide bonds. The van der Waals surface area contributed by atoms with E-state index in [1.165, 1.54) is 0 Å². The van der Waals surface area contributed by atoms with Crippen molar-refractivity contribution in [2.45, 2.75) is 56.5 Å². The van der Waals surface area contributed by atoms with Crippen LogP contribution in [0.1, 0.15) is 44.9 Å². The molecule has 1 atom stereocenters. The van der Waals surface area contributed by atoms with E-state index in [2.05, 4.69) is 0 Å². The lowest BCUT2D eigenvalue weighted by Crippen LogP contribution is -2.39. The highest BCUT2D eigenvalue weighted by atomic mass is 32.2. The van der Waals surface area contributed by atoms with Gasteiger partial charge in [0.2, 0.25) is 0 Å². The van der Waals surface area contributed by atoms with Crippen molar-refractivity contribution in [1.82, 2.24) is 0 Å². The van der Waals surface area contributed by atoms with Crippen LogP contribution in [0.3, 0.4) is 0 Å². The number of carbonyl (C=O) groups is 1. The number of hydrogen-bond acceptors (Lipinski definition) is 5. The molecule has 0 aromatic rings. The highest BCUT2D eigenvalue weighted by Crippen LogP contribution is 2.51. The monoisotopic (exact) mass is 278 g/mol. The Hall–Kier alpha value is -0.660. The normalized spacial score (nSPS) is 25.4. The SMILES string of the molecule is O=C(OC1CCCCC1)C1(C(O)S(=O)(=O)O)CC1. The molecule has 2 aliphatic rings. The number of hydrogen-bond donors (Lipinski definition) is 2. The Morgan fingerprint density at radius 2 is 1.78 bits per heavy atom. The maximum absolute atomic E-state index is 11.9. The van der Waals surface area contributed by atoms with Gasteiger partial charge < -0.3 is 9.84 Å². The third-order valence-corrected chi connectivity index (χ3v) is 4.79. The van der Waals surface area contributed by atoms with Crippen LogP contribution in [0.5, 0.6) is 0 Å². The van der Waals surface area contributed by atoms with Crippen LogP contribution in [0, 0.1) is 5.41 Å². The highest BCUT2D eigenvalue weighted by Gasteiger charge is 2.61. The Morgan fingerprint density at radius 1 is 1.22 bits per heavy atom. The predicted octanol–water partition coefficient (Wildman–Crippen LogP) is 0.849. The van der Waals surface area contributed by atoms with Crippen LogP contribution in [-0.2, 0) is 19.6 Å². The van der Waals surface area contributed by atoms with Gasteiger partial charge in [-0.2, -0.15) is 8.42 Å². The lowest BCUT2D eigenvalue weighted by atomic mass is 9.97. The van der Waals surface area contributed by atoms with E-state index < -0.39 is 26.9 Å². The van der Waals surface area contributed by atoms with E-state index in [0.717, 1.165) is 32.1 Å². The average Bonchev–Trinajstić information content (AvgIpc) is 3.09. The van der Waals surface area contributed by atoms with Gasteiger partial charge in [-0.1, -0.05) is 6.42 Å². The zero-order valence-electron chi connectivity index (χ0n) is 10.0. The Kier molecular flexibility index (Phi) is 3.66. The first-order chi connectivity index (χ1) is 8.36. The molecule has 2 fully saturated rings. The number of esters is 1. The van der Waals surface area contributed by atoms with Crippen molar-refractivity contribution in [3.63, 3.8) is 0 Å². The Bertz CT molecular complexity index is 419. The first kappa shape index (κ1) is 13.8. The summed E-state index contributed by atoms with van der Waals surface area (Å²) in [6, 6.07) is 0. The van der Waals surface area contributed by atoms with Gasteiger partial charge >= 0.3 is 5.97 Å². The molecule has 2 N–H and O–H groups in total. The molecular formula is C11H18O6S. The molecule has 0 bridgehead atoms. The number of aliphatic hydroxyl groups excluding tert-OH is 1. The van der Waals surface area contributed by atoms with Gasteiger partial charge in [-0.25, -0.2) is 0 Å². The van der Waals surface area contributed by atoms with E-state index in [-0.39, 0.29) is 18.9 Å². The van der Waals surface area contributed by atoms with E-state index in [1.807, 2.05) is 0 Å². The third-order valence-electron chi connectivity index (χ3n) is 3.78. The highest BCUT2D eigenvalue weighted by molar-refractivity contribution is 7.86. The van der Waals surface area contributed by atoms with Crippen LogP contribution in [-0.4, -0.2) is 35.6 Å². The summed E-state index contributed by atoms with van der Waals surface area (Å²) in [5, 5.41) is 9.54. The molecule has 0 heterocycles. The summed E-state index contributed by atoms with van der Waals surface area (Å²) in [5.74, 6) is -0.695. The summed E-state index contributed by atoms with van der Waals surface area (Å²) in [7, 11) is -4.63. The number of aliphatic hydroxyl groups is 1. The van der Waals surface area contributed by atoms with Crippen LogP contribution < -0.4 is 0 Å². The molecule has 0 aromatic heterocycles. The van der Waals surface area contributed by atoms with Gasteiger partial charge in [-0.05, 0) is 38.5 Å². The summed E-state index contributed by atoms with van der Waals surface area (Å²) in [6.07, 6.45) is 4.95. The molecule has 0 aromatic carbocycles. The fraction of sp³-hybridized carbons (Fsp3) is 0.909. The van der Waals surface area contributed by atoms with Gasteiger partial charge in [0, 0.05) is 0 Å². The molecule has 18 heavy (non-hydrogen) atoms. The van der Waals surface area contributed by atoms with Gasteiger partial charge in [0.05, 0.1) is 0 Å². The first-order valence-corrected chi connectivity index (χ1v) is 7.72. The maximum atomic E-state index is 11.9. The van der Waals surface area contributed by atoms with Crippen molar-refractivity contribution in [2.75, 3.05) is 0 Å². The largest absolute Gasteiger partial charge is 0.462 e. The van der Waals surface area contributed by atoms with E-state index >= 15 is 0 Å². The molecule has 7 heteroatoms. The smallest absolute Gasteiger partial charge is 0.316 e. The molecule has 2 saturated carbocycles. The van der Waals surface area contributed by atoms with Gasteiger partial charge in [-0.3, -0.25) is 9.35 Å². The van der Waals surface area contributed by atoms with E-state index in [9.17, 15) is 18.3 Å². The van der Waals surface area contributed by atoms with Crippen LogP contribution >= 0.6 is 0 Å².